The minimum absolute atomic E-state index is 0.219. The Morgan fingerprint density at radius 2 is 1.85 bits per heavy atom. The Morgan fingerprint density at radius 1 is 1.22 bits per heavy atom. The van der Waals surface area contributed by atoms with E-state index in [4.69, 9.17) is 10.5 Å². The van der Waals surface area contributed by atoms with Gasteiger partial charge in [-0.1, -0.05) is 0 Å². The number of rotatable bonds is 7. The van der Waals surface area contributed by atoms with Crippen LogP contribution in [0.25, 0.3) is 0 Å². The maximum absolute atomic E-state index is 13.3. The number of methoxy groups -OCH3 is 1. The molecule has 27 heavy (non-hydrogen) atoms. The lowest BCUT2D eigenvalue weighted by Gasteiger charge is -2.17. The summed E-state index contributed by atoms with van der Waals surface area (Å²) in [6.07, 6.45) is -0.219. The van der Waals surface area contributed by atoms with Gasteiger partial charge in [0.2, 0.25) is 5.91 Å². The van der Waals surface area contributed by atoms with E-state index in [1.54, 1.807) is 0 Å². The number of nitro groups is 1. The minimum atomic E-state index is -1.29. The van der Waals surface area contributed by atoms with Crippen molar-refractivity contribution in [3.05, 3.63) is 69.3 Å². The van der Waals surface area contributed by atoms with E-state index in [0.29, 0.717) is 6.07 Å². The summed E-state index contributed by atoms with van der Waals surface area (Å²) in [6.45, 7) is 0. The molecule has 0 spiro atoms. The van der Waals surface area contributed by atoms with Crippen molar-refractivity contribution in [3.63, 3.8) is 0 Å². The smallest absolute Gasteiger partial charge is 0.269 e. The van der Waals surface area contributed by atoms with E-state index in [1.807, 2.05) is 0 Å². The number of nitrogens with one attached hydrogen (secondary N) is 1. The third-order valence-corrected chi connectivity index (χ3v) is 3.67. The van der Waals surface area contributed by atoms with Crippen LogP contribution >= 0.6 is 0 Å². The molecule has 10 heteroatoms. The summed E-state index contributed by atoms with van der Waals surface area (Å²) >= 11 is 0. The number of carbonyl (C=O) groups excluding carboxylic acids is 2. The van der Waals surface area contributed by atoms with E-state index in [1.165, 1.54) is 25.3 Å². The highest BCUT2D eigenvalue weighted by atomic mass is 19.1. The van der Waals surface area contributed by atoms with Gasteiger partial charge in [-0.05, 0) is 18.2 Å². The lowest BCUT2D eigenvalue weighted by molar-refractivity contribution is -0.384. The zero-order valence-corrected chi connectivity index (χ0v) is 14.1. The second-order valence-electron chi connectivity index (χ2n) is 5.54. The lowest BCUT2D eigenvalue weighted by Crippen LogP contribution is -2.46. The quantitative estimate of drug-likeness (QED) is 0.560. The van der Waals surface area contributed by atoms with Gasteiger partial charge in [0.05, 0.1) is 12.0 Å². The minimum Gasteiger partial charge on any atom is -0.496 e. The predicted octanol–water partition coefficient (Wildman–Crippen LogP) is 1.71. The van der Waals surface area contributed by atoms with Crippen LogP contribution in [0.5, 0.6) is 5.75 Å². The van der Waals surface area contributed by atoms with Gasteiger partial charge in [-0.2, -0.15) is 0 Å². The number of hydrogen-bond donors (Lipinski definition) is 2. The van der Waals surface area contributed by atoms with Crippen molar-refractivity contribution in [1.82, 2.24) is 5.32 Å². The van der Waals surface area contributed by atoms with Gasteiger partial charge in [-0.25, -0.2) is 8.78 Å². The van der Waals surface area contributed by atoms with E-state index >= 15 is 0 Å². The van der Waals surface area contributed by atoms with Crippen molar-refractivity contribution in [3.8, 4) is 5.75 Å². The Labute approximate surface area is 152 Å². The van der Waals surface area contributed by atoms with Gasteiger partial charge in [0, 0.05) is 35.7 Å². The molecule has 0 heterocycles. The second-order valence-corrected chi connectivity index (χ2v) is 5.54. The summed E-state index contributed by atoms with van der Waals surface area (Å²) in [5.74, 6) is -3.54. The van der Waals surface area contributed by atoms with Crippen molar-refractivity contribution >= 4 is 17.5 Å². The van der Waals surface area contributed by atoms with Gasteiger partial charge in [0.1, 0.15) is 23.4 Å². The number of nitrogens with two attached hydrogens (primary N) is 1. The van der Waals surface area contributed by atoms with E-state index in [9.17, 15) is 28.5 Å². The van der Waals surface area contributed by atoms with Gasteiger partial charge in [0.15, 0.2) is 0 Å². The maximum Gasteiger partial charge on any atom is 0.269 e. The number of nitro benzene ring substituents is 1. The van der Waals surface area contributed by atoms with Crippen LogP contribution in [0.4, 0.5) is 14.5 Å². The summed E-state index contributed by atoms with van der Waals surface area (Å²) in [5.41, 5.74) is 4.95. The third-order valence-electron chi connectivity index (χ3n) is 3.67. The van der Waals surface area contributed by atoms with Crippen molar-refractivity contribution in [2.24, 2.45) is 5.73 Å². The first-order chi connectivity index (χ1) is 12.7. The largest absolute Gasteiger partial charge is 0.496 e. The van der Waals surface area contributed by atoms with Crippen molar-refractivity contribution in [2.45, 2.75) is 12.5 Å². The van der Waals surface area contributed by atoms with Crippen LogP contribution in [0.2, 0.25) is 0 Å². The molecule has 0 radical (unpaired) electrons. The first-order valence-corrected chi connectivity index (χ1v) is 7.59. The molecule has 0 aliphatic carbocycles. The van der Waals surface area contributed by atoms with Crippen molar-refractivity contribution in [2.75, 3.05) is 7.11 Å². The number of benzene rings is 2. The molecule has 0 aromatic heterocycles. The van der Waals surface area contributed by atoms with Crippen LogP contribution in [0.15, 0.2) is 36.4 Å². The molecule has 1 atom stereocenters. The number of ether oxygens (including phenoxy) is 1. The highest BCUT2D eigenvalue weighted by Crippen LogP contribution is 2.25. The molecule has 0 bridgehead atoms. The van der Waals surface area contributed by atoms with Crippen LogP contribution in [-0.4, -0.2) is 29.9 Å². The molecule has 2 rings (SSSR count). The Bertz CT molecular complexity index is 884. The highest BCUT2D eigenvalue weighted by Gasteiger charge is 2.23. The van der Waals surface area contributed by atoms with Crippen molar-refractivity contribution in [1.29, 1.82) is 0 Å². The number of non-ortho nitro benzene ring substituents is 1. The molecule has 0 unspecified atom stereocenters. The Morgan fingerprint density at radius 3 is 2.37 bits per heavy atom. The molecule has 142 valence electrons. The van der Waals surface area contributed by atoms with Gasteiger partial charge in [0.25, 0.3) is 11.6 Å². The van der Waals surface area contributed by atoms with E-state index in [-0.39, 0.29) is 29.0 Å². The van der Waals surface area contributed by atoms with Gasteiger partial charge in [-0.3, -0.25) is 19.7 Å². The Balaban J connectivity index is 2.28. The fourth-order valence-electron chi connectivity index (χ4n) is 2.41. The topological polar surface area (TPSA) is 125 Å². The molecular weight excluding hydrogens is 364 g/mol. The Kier molecular flexibility index (Phi) is 6.01. The van der Waals surface area contributed by atoms with Crippen LogP contribution in [-0.2, 0) is 11.2 Å². The van der Waals surface area contributed by atoms with Crippen LogP contribution in [0.1, 0.15) is 15.9 Å². The fourth-order valence-corrected chi connectivity index (χ4v) is 2.41. The predicted molar refractivity (Wildman–Crippen MR) is 90.2 cm³/mol. The Hall–Kier alpha value is -3.56. The number of hydrogen-bond acceptors (Lipinski definition) is 5. The molecule has 8 nitrogen and oxygen atoms in total. The van der Waals surface area contributed by atoms with Crippen LogP contribution in [0, 0.1) is 21.7 Å². The number of primary amides is 1. The SMILES string of the molecule is COc1ccc([N+](=O)[O-])cc1C[C@H](NC(=O)c1cc(F)cc(F)c1)C(N)=O. The van der Waals surface area contributed by atoms with Crippen LogP contribution in [0.3, 0.4) is 0 Å². The number of halogens is 2. The number of nitrogens with zero attached hydrogens (tertiary/aromatic N) is 1. The molecular formula is C17H15F2N3O5. The van der Waals surface area contributed by atoms with E-state index in [0.717, 1.165) is 12.1 Å². The first kappa shape index (κ1) is 19.8. The summed E-state index contributed by atoms with van der Waals surface area (Å²) in [5, 5.41) is 13.2. The van der Waals surface area contributed by atoms with E-state index in [2.05, 4.69) is 5.32 Å². The van der Waals surface area contributed by atoms with Crippen molar-refractivity contribution < 1.29 is 28.0 Å². The monoisotopic (exact) mass is 379 g/mol. The lowest BCUT2D eigenvalue weighted by atomic mass is 10.0. The zero-order chi connectivity index (χ0) is 20.1. The standard InChI is InChI=1S/C17H15F2N3O5/c1-27-15-3-2-13(22(25)26)6-9(15)7-14(16(20)23)21-17(24)10-4-11(18)8-12(19)5-10/h2-6,8,14H,7H2,1H3,(H2,20,23)(H,21,24)/t14-/m0/s1. The summed E-state index contributed by atoms with van der Waals surface area (Å²) in [4.78, 5) is 34.2. The summed E-state index contributed by atoms with van der Waals surface area (Å²) in [7, 11) is 1.33. The molecule has 2 aromatic carbocycles. The molecule has 2 amide bonds. The fraction of sp³-hybridized carbons (Fsp3) is 0.176. The van der Waals surface area contributed by atoms with Gasteiger partial charge < -0.3 is 15.8 Å². The molecule has 0 aliphatic rings. The third kappa shape index (κ3) is 4.97. The molecule has 0 aliphatic heterocycles. The molecule has 0 fully saturated rings. The van der Waals surface area contributed by atoms with Gasteiger partial charge in [-0.15, -0.1) is 0 Å². The number of carbonyl (C=O) groups is 2. The summed E-state index contributed by atoms with van der Waals surface area (Å²) < 4.78 is 31.6. The highest BCUT2D eigenvalue weighted by molar-refractivity contribution is 5.97. The van der Waals surface area contributed by atoms with Crippen LogP contribution < -0.4 is 15.8 Å². The summed E-state index contributed by atoms with van der Waals surface area (Å²) in [6, 6.07) is 4.64. The molecule has 0 saturated carbocycles. The average Bonchev–Trinajstić information content (AvgIpc) is 2.59. The molecule has 0 saturated heterocycles. The average molecular weight is 379 g/mol. The first-order valence-electron chi connectivity index (χ1n) is 7.59. The molecule has 3 N–H and O–H groups in total. The van der Waals surface area contributed by atoms with Gasteiger partial charge >= 0.3 is 0 Å². The van der Waals surface area contributed by atoms with E-state index < -0.39 is 34.4 Å². The second kappa shape index (κ2) is 8.21. The zero-order valence-electron chi connectivity index (χ0n) is 14.1. The normalized spacial score (nSPS) is 11.5. The number of amides is 2. The maximum atomic E-state index is 13.3. The molecule has 2 aromatic rings.